The maximum atomic E-state index is 11.9. The van der Waals surface area contributed by atoms with Crippen molar-refractivity contribution in [2.24, 2.45) is 0 Å². The van der Waals surface area contributed by atoms with E-state index in [1.54, 1.807) is 11.3 Å². The molecule has 2 aromatic rings. The average molecular weight is 372 g/mol. The van der Waals surface area contributed by atoms with E-state index in [9.17, 15) is 4.79 Å². The Morgan fingerprint density at radius 2 is 1.85 bits per heavy atom. The smallest absolute Gasteiger partial charge is 0.219 e. The summed E-state index contributed by atoms with van der Waals surface area (Å²) in [5, 5.41) is 5.31. The zero-order chi connectivity index (χ0) is 18.4. The highest BCUT2D eigenvalue weighted by Crippen LogP contribution is 2.29. The van der Waals surface area contributed by atoms with E-state index in [0.717, 1.165) is 32.7 Å². The molecule has 2 atom stereocenters. The number of thiophene rings is 1. The number of nitrogens with one attached hydrogen (secondary N) is 1. The molecule has 0 bridgehead atoms. The van der Waals surface area contributed by atoms with Crippen LogP contribution in [0.4, 0.5) is 0 Å². The molecular weight excluding hydrogens is 342 g/mol. The van der Waals surface area contributed by atoms with Gasteiger partial charge in [0.15, 0.2) is 0 Å². The van der Waals surface area contributed by atoms with Gasteiger partial charge in [-0.25, -0.2) is 0 Å². The van der Waals surface area contributed by atoms with Gasteiger partial charge in [-0.15, -0.1) is 11.3 Å². The highest BCUT2D eigenvalue weighted by Gasteiger charge is 2.30. The lowest BCUT2D eigenvalue weighted by atomic mass is 10.0. The molecule has 2 heterocycles. The van der Waals surface area contributed by atoms with Crippen LogP contribution in [0.3, 0.4) is 0 Å². The summed E-state index contributed by atoms with van der Waals surface area (Å²) in [6.07, 6.45) is 0.534. The Bertz CT molecular complexity index is 666. The molecule has 5 heteroatoms. The number of rotatable bonds is 7. The molecule has 1 N–H and O–H groups in total. The zero-order valence-electron chi connectivity index (χ0n) is 15.7. The van der Waals surface area contributed by atoms with Gasteiger partial charge in [-0.05, 0) is 23.9 Å². The fourth-order valence-corrected chi connectivity index (χ4v) is 4.64. The van der Waals surface area contributed by atoms with E-state index in [1.807, 2.05) is 6.92 Å². The summed E-state index contributed by atoms with van der Waals surface area (Å²) >= 11 is 1.78. The van der Waals surface area contributed by atoms with Crippen LogP contribution in [0, 0.1) is 0 Å². The van der Waals surface area contributed by atoms with Crippen LogP contribution >= 0.6 is 11.3 Å². The zero-order valence-corrected chi connectivity index (χ0v) is 16.5. The number of carbonyl (C=O) groups excluding carboxylic acids is 1. The highest BCUT2D eigenvalue weighted by atomic mass is 32.1. The van der Waals surface area contributed by atoms with Gasteiger partial charge in [0.25, 0.3) is 0 Å². The SMILES string of the molecule is CCC(=O)N[C@@H](C)[C@@H](c1cccs1)N1CCN(Cc2ccccc2)CC1. The quantitative estimate of drug-likeness (QED) is 0.809. The molecule has 140 valence electrons. The molecule has 0 aliphatic carbocycles. The van der Waals surface area contributed by atoms with Crippen molar-refractivity contribution in [2.75, 3.05) is 26.2 Å². The minimum atomic E-state index is 0.113. The summed E-state index contributed by atoms with van der Waals surface area (Å²) in [6, 6.07) is 15.3. The molecule has 26 heavy (non-hydrogen) atoms. The van der Waals surface area contributed by atoms with E-state index in [2.05, 4.69) is 69.9 Å². The summed E-state index contributed by atoms with van der Waals surface area (Å²) in [5.41, 5.74) is 1.37. The third kappa shape index (κ3) is 4.93. The fourth-order valence-electron chi connectivity index (χ4n) is 3.68. The summed E-state index contributed by atoms with van der Waals surface area (Å²) < 4.78 is 0. The van der Waals surface area contributed by atoms with Crippen molar-refractivity contribution in [1.82, 2.24) is 15.1 Å². The Morgan fingerprint density at radius 3 is 2.46 bits per heavy atom. The van der Waals surface area contributed by atoms with Gasteiger partial charge in [0, 0.05) is 50.1 Å². The number of hydrogen-bond acceptors (Lipinski definition) is 4. The maximum absolute atomic E-state index is 11.9. The first-order chi connectivity index (χ1) is 12.7. The number of carbonyl (C=O) groups is 1. The van der Waals surface area contributed by atoms with Crippen molar-refractivity contribution in [3.63, 3.8) is 0 Å². The van der Waals surface area contributed by atoms with Crippen LogP contribution in [0.15, 0.2) is 47.8 Å². The van der Waals surface area contributed by atoms with Crippen LogP contribution in [0.2, 0.25) is 0 Å². The summed E-state index contributed by atoms with van der Waals surface area (Å²) in [7, 11) is 0. The molecule has 1 fully saturated rings. The molecule has 3 rings (SSSR count). The van der Waals surface area contributed by atoms with E-state index in [1.165, 1.54) is 10.4 Å². The minimum Gasteiger partial charge on any atom is -0.352 e. The maximum Gasteiger partial charge on any atom is 0.219 e. The Hall–Kier alpha value is -1.69. The lowest BCUT2D eigenvalue weighted by molar-refractivity contribution is -0.121. The van der Waals surface area contributed by atoms with Gasteiger partial charge in [0.1, 0.15) is 0 Å². The molecule has 1 aromatic heterocycles. The number of hydrogen-bond donors (Lipinski definition) is 1. The number of benzene rings is 1. The second kappa shape index (κ2) is 9.31. The van der Waals surface area contributed by atoms with Gasteiger partial charge < -0.3 is 5.32 Å². The van der Waals surface area contributed by atoms with Crippen LogP contribution in [0.5, 0.6) is 0 Å². The standard InChI is InChI=1S/C21H29N3OS/c1-3-20(25)22-17(2)21(19-10-7-15-26-19)24-13-11-23(12-14-24)16-18-8-5-4-6-9-18/h4-10,15,17,21H,3,11-14,16H2,1-2H3,(H,22,25)/t17-,21-/m0/s1. The predicted molar refractivity (Wildman–Crippen MR) is 108 cm³/mol. The van der Waals surface area contributed by atoms with Crippen LogP contribution in [-0.4, -0.2) is 47.9 Å². The van der Waals surface area contributed by atoms with Gasteiger partial charge in [-0.3, -0.25) is 14.6 Å². The second-order valence-electron chi connectivity index (χ2n) is 6.97. The highest BCUT2D eigenvalue weighted by molar-refractivity contribution is 7.10. The Morgan fingerprint density at radius 1 is 1.12 bits per heavy atom. The van der Waals surface area contributed by atoms with E-state index in [0.29, 0.717) is 6.42 Å². The van der Waals surface area contributed by atoms with Crippen molar-refractivity contribution >= 4 is 17.2 Å². The lowest BCUT2D eigenvalue weighted by Crippen LogP contribution is -2.52. The molecule has 4 nitrogen and oxygen atoms in total. The Labute approximate surface area is 160 Å². The lowest BCUT2D eigenvalue weighted by Gasteiger charge is -2.41. The molecule has 1 saturated heterocycles. The van der Waals surface area contributed by atoms with E-state index in [-0.39, 0.29) is 18.0 Å². The van der Waals surface area contributed by atoms with Crippen LogP contribution in [0.1, 0.15) is 36.8 Å². The van der Waals surface area contributed by atoms with Gasteiger partial charge >= 0.3 is 0 Å². The van der Waals surface area contributed by atoms with Gasteiger partial charge in [-0.2, -0.15) is 0 Å². The number of amides is 1. The Balaban J connectivity index is 1.62. The van der Waals surface area contributed by atoms with Crippen LogP contribution in [-0.2, 0) is 11.3 Å². The summed E-state index contributed by atoms with van der Waals surface area (Å²) in [5.74, 6) is 0.127. The van der Waals surface area contributed by atoms with E-state index >= 15 is 0 Å². The topological polar surface area (TPSA) is 35.6 Å². The molecule has 1 aliphatic rings. The third-order valence-corrected chi connectivity index (χ3v) is 6.01. The number of nitrogens with zero attached hydrogens (tertiary/aromatic N) is 2. The van der Waals surface area contributed by atoms with Crippen molar-refractivity contribution in [3.05, 3.63) is 58.3 Å². The van der Waals surface area contributed by atoms with Gasteiger partial charge in [-0.1, -0.05) is 43.3 Å². The average Bonchev–Trinajstić information content (AvgIpc) is 3.18. The van der Waals surface area contributed by atoms with Gasteiger partial charge in [0.05, 0.1) is 6.04 Å². The molecule has 1 aliphatic heterocycles. The van der Waals surface area contributed by atoms with E-state index < -0.39 is 0 Å². The Kier molecular flexibility index (Phi) is 6.83. The van der Waals surface area contributed by atoms with Crippen LogP contribution in [0.25, 0.3) is 0 Å². The summed E-state index contributed by atoms with van der Waals surface area (Å²) in [6.45, 7) is 9.24. The second-order valence-corrected chi connectivity index (χ2v) is 7.95. The molecular formula is C21H29N3OS. The molecule has 0 unspecified atom stereocenters. The summed E-state index contributed by atoms with van der Waals surface area (Å²) in [4.78, 5) is 18.3. The van der Waals surface area contributed by atoms with E-state index in [4.69, 9.17) is 0 Å². The minimum absolute atomic E-state index is 0.113. The fraction of sp³-hybridized carbons (Fsp3) is 0.476. The molecule has 1 aromatic carbocycles. The number of piperazine rings is 1. The van der Waals surface area contributed by atoms with Crippen molar-refractivity contribution in [1.29, 1.82) is 0 Å². The molecule has 0 radical (unpaired) electrons. The molecule has 0 saturated carbocycles. The largest absolute Gasteiger partial charge is 0.352 e. The monoisotopic (exact) mass is 371 g/mol. The van der Waals surface area contributed by atoms with Crippen LogP contribution < -0.4 is 5.32 Å². The predicted octanol–water partition coefficient (Wildman–Crippen LogP) is 3.52. The normalized spacial score (nSPS) is 18.4. The first-order valence-corrected chi connectivity index (χ1v) is 10.4. The molecule has 0 spiro atoms. The van der Waals surface area contributed by atoms with Crippen molar-refractivity contribution in [3.8, 4) is 0 Å². The molecule has 1 amide bonds. The third-order valence-electron chi connectivity index (χ3n) is 5.07. The first kappa shape index (κ1) is 19.1. The first-order valence-electron chi connectivity index (χ1n) is 9.50. The van der Waals surface area contributed by atoms with Gasteiger partial charge in [0.2, 0.25) is 5.91 Å². The van der Waals surface area contributed by atoms with Crippen molar-refractivity contribution in [2.45, 2.75) is 38.9 Å². The van der Waals surface area contributed by atoms with Crippen molar-refractivity contribution < 1.29 is 4.79 Å².